The van der Waals surface area contributed by atoms with Crippen molar-refractivity contribution in [3.8, 4) is 0 Å². The monoisotopic (exact) mass is 268 g/mol. The van der Waals surface area contributed by atoms with Crippen molar-refractivity contribution in [2.45, 2.75) is 32.4 Å². The Morgan fingerprint density at radius 3 is 3.00 bits per heavy atom. The zero-order valence-corrected chi connectivity index (χ0v) is 11.8. The maximum Gasteiger partial charge on any atom is 0.0722 e. The molecule has 1 fully saturated rings. The van der Waals surface area contributed by atoms with E-state index in [1.807, 2.05) is 19.1 Å². The van der Waals surface area contributed by atoms with Crippen molar-refractivity contribution in [2.75, 3.05) is 24.6 Å². The predicted molar refractivity (Wildman–Crippen MR) is 76.4 cm³/mol. The molecule has 2 rings (SSSR count). The minimum Gasteiger partial charge on any atom is -0.375 e. The summed E-state index contributed by atoms with van der Waals surface area (Å²) >= 11 is 6.32. The van der Waals surface area contributed by atoms with E-state index < -0.39 is 0 Å². The molecule has 3 nitrogen and oxygen atoms in total. The normalized spacial score (nSPS) is 22.0. The summed E-state index contributed by atoms with van der Waals surface area (Å²) in [4.78, 5) is 2.34. The molecule has 100 valence electrons. The van der Waals surface area contributed by atoms with Crippen LogP contribution in [0.15, 0.2) is 18.2 Å². The van der Waals surface area contributed by atoms with Crippen LogP contribution in [0.25, 0.3) is 0 Å². The fraction of sp³-hybridized carbons (Fsp3) is 0.571. The smallest absolute Gasteiger partial charge is 0.0722 e. The largest absolute Gasteiger partial charge is 0.375 e. The van der Waals surface area contributed by atoms with Gasteiger partial charge in [0.05, 0.1) is 12.7 Å². The Hall–Kier alpha value is -0.770. The third-order valence-electron chi connectivity index (χ3n) is 3.20. The summed E-state index contributed by atoms with van der Waals surface area (Å²) in [6.45, 7) is 6.70. The maximum absolute atomic E-state index is 6.32. The van der Waals surface area contributed by atoms with Crippen LogP contribution >= 0.6 is 11.6 Å². The lowest BCUT2D eigenvalue weighted by molar-refractivity contribution is 0.0532. The first-order valence-electron chi connectivity index (χ1n) is 6.47. The van der Waals surface area contributed by atoms with E-state index in [0.29, 0.717) is 0 Å². The van der Waals surface area contributed by atoms with Gasteiger partial charge in [0, 0.05) is 29.8 Å². The molecule has 1 aliphatic rings. The highest BCUT2D eigenvalue weighted by Gasteiger charge is 2.20. The van der Waals surface area contributed by atoms with Gasteiger partial charge in [-0.3, -0.25) is 0 Å². The van der Waals surface area contributed by atoms with Crippen molar-refractivity contribution in [1.29, 1.82) is 0 Å². The molecule has 18 heavy (non-hydrogen) atoms. The second kappa shape index (κ2) is 5.91. The second-order valence-corrected chi connectivity index (χ2v) is 5.45. The van der Waals surface area contributed by atoms with Crippen LogP contribution in [0.5, 0.6) is 0 Å². The molecule has 1 saturated heterocycles. The average molecular weight is 269 g/mol. The van der Waals surface area contributed by atoms with Gasteiger partial charge in [0.15, 0.2) is 0 Å². The fourth-order valence-corrected chi connectivity index (χ4v) is 2.65. The van der Waals surface area contributed by atoms with E-state index in [9.17, 15) is 0 Å². The first-order valence-corrected chi connectivity index (χ1v) is 6.85. The third kappa shape index (κ3) is 3.16. The molecule has 2 N–H and O–H groups in total. The molecular weight excluding hydrogens is 248 g/mol. The molecule has 1 aromatic rings. The highest BCUT2D eigenvalue weighted by Crippen LogP contribution is 2.29. The highest BCUT2D eigenvalue weighted by atomic mass is 35.5. The number of morpholine rings is 1. The van der Waals surface area contributed by atoms with Gasteiger partial charge >= 0.3 is 0 Å². The molecule has 1 aromatic carbocycles. The van der Waals surface area contributed by atoms with E-state index >= 15 is 0 Å². The van der Waals surface area contributed by atoms with Crippen LogP contribution in [0.2, 0.25) is 5.02 Å². The molecule has 0 aromatic heterocycles. The number of nitrogens with two attached hydrogens (primary N) is 1. The molecule has 0 saturated carbocycles. The number of hydrogen-bond donors (Lipinski definition) is 1. The zero-order chi connectivity index (χ0) is 13.1. The molecule has 0 aliphatic carbocycles. The van der Waals surface area contributed by atoms with Crippen LogP contribution in [-0.4, -0.2) is 31.8 Å². The Kier molecular flexibility index (Phi) is 4.49. The summed E-state index contributed by atoms with van der Waals surface area (Å²) < 4.78 is 5.58. The second-order valence-electron chi connectivity index (χ2n) is 5.05. The molecule has 2 atom stereocenters. The van der Waals surface area contributed by atoms with Crippen LogP contribution < -0.4 is 10.6 Å². The van der Waals surface area contributed by atoms with Crippen LogP contribution in [0.4, 0.5) is 5.69 Å². The number of hydrogen-bond acceptors (Lipinski definition) is 3. The first kappa shape index (κ1) is 13.7. The Morgan fingerprint density at radius 2 is 2.33 bits per heavy atom. The van der Waals surface area contributed by atoms with E-state index in [-0.39, 0.29) is 12.1 Å². The minimum atomic E-state index is 0.113. The van der Waals surface area contributed by atoms with Crippen molar-refractivity contribution < 1.29 is 4.74 Å². The minimum absolute atomic E-state index is 0.113. The van der Waals surface area contributed by atoms with E-state index in [1.165, 1.54) is 5.69 Å². The molecule has 0 amide bonds. The molecule has 0 spiro atoms. The van der Waals surface area contributed by atoms with Gasteiger partial charge in [-0.15, -0.1) is 0 Å². The van der Waals surface area contributed by atoms with Crippen LogP contribution in [0.1, 0.15) is 19.4 Å². The Bertz CT molecular complexity index is 409. The first-order chi connectivity index (χ1) is 8.58. The Morgan fingerprint density at radius 1 is 1.56 bits per heavy atom. The van der Waals surface area contributed by atoms with E-state index in [2.05, 4.69) is 17.9 Å². The van der Waals surface area contributed by atoms with E-state index in [4.69, 9.17) is 22.1 Å². The van der Waals surface area contributed by atoms with Crippen molar-refractivity contribution in [3.63, 3.8) is 0 Å². The van der Waals surface area contributed by atoms with Gasteiger partial charge < -0.3 is 15.4 Å². The topological polar surface area (TPSA) is 38.5 Å². The van der Waals surface area contributed by atoms with Gasteiger partial charge in [0.25, 0.3) is 0 Å². The van der Waals surface area contributed by atoms with Gasteiger partial charge in [0.2, 0.25) is 0 Å². The van der Waals surface area contributed by atoms with Gasteiger partial charge in [-0.1, -0.05) is 17.7 Å². The van der Waals surface area contributed by atoms with Gasteiger partial charge in [0.1, 0.15) is 0 Å². The van der Waals surface area contributed by atoms with E-state index in [0.717, 1.165) is 36.7 Å². The lowest BCUT2D eigenvalue weighted by atomic mass is 10.0. The number of anilines is 1. The van der Waals surface area contributed by atoms with E-state index in [1.54, 1.807) is 0 Å². The number of ether oxygens (including phenoxy) is 1. The summed E-state index contributed by atoms with van der Waals surface area (Å²) in [6, 6.07) is 6.18. The van der Waals surface area contributed by atoms with Crippen LogP contribution in [-0.2, 0) is 11.2 Å². The fourth-order valence-electron chi connectivity index (χ4n) is 2.40. The number of nitrogens with zero attached hydrogens (tertiary/aromatic N) is 1. The predicted octanol–water partition coefficient (Wildman–Crippen LogP) is 2.45. The number of halogens is 1. The molecular formula is C14H21ClN2O. The molecule has 4 heteroatoms. The summed E-state index contributed by atoms with van der Waals surface area (Å²) in [7, 11) is 0. The Balaban J connectivity index is 2.28. The molecule has 0 radical (unpaired) electrons. The van der Waals surface area contributed by atoms with Gasteiger partial charge in [-0.05, 0) is 38.0 Å². The van der Waals surface area contributed by atoms with Gasteiger partial charge in [-0.25, -0.2) is 0 Å². The Labute approximate surface area is 114 Å². The molecule has 0 bridgehead atoms. The van der Waals surface area contributed by atoms with Gasteiger partial charge in [-0.2, -0.15) is 0 Å². The third-order valence-corrected chi connectivity index (χ3v) is 3.56. The maximum atomic E-state index is 6.32. The number of rotatable bonds is 3. The van der Waals surface area contributed by atoms with Crippen molar-refractivity contribution in [3.05, 3.63) is 28.8 Å². The highest BCUT2D eigenvalue weighted by molar-refractivity contribution is 6.31. The summed E-state index contributed by atoms with van der Waals surface area (Å²) in [6.07, 6.45) is 1.07. The lowest BCUT2D eigenvalue weighted by Crippen LogP contribution is -2.41. The molecule has 1 aliphatic heterocycles. The van der Waals surface area contributed by atoms with Crippen LogP contribution in [0.3, 0.4) is 0 Å². The van der Waals surface area contributed by atoms with Crippen LogP contribution in [0, 0.1) is 0 Å². The van der Waals surface area contributed by atoms with Crippen molar-refractivity contribution in [1.82, 2.24) is 0 Å². The lowest BCUT2D eigenvalue weighted by Gasteiger charge is -2.34. The summed E-state index contributed by atoms with van der Waals surface area (Å²) in [5, 5.41) is 0.809. The summed E-state index contributed by atoms with van der Waals surface area (Å²) in [5.41, 5.74) is 8.28. The van der Waals surface area contributed by atoms with Crippen molar-refractivity contribution >= 4 is 17.3 Å². The summed E-state index contributed by atoms with van der Waals surface area (Å²) in [5.74, 6) is 0. The quantitative estimate of drug-likeness (QED) is 0.915. The molecule has 1 heterocycles. The standard InChI is InChI=1S/C14H21ClN2O/c1-10(16)8-12-13(15)4-3-5-14(12)17-6-7-18-11(2)9-17/h3-5,10-11H,6-9,16H2,1-2H3. The SMILES string of the molecule is CC(N)Cc1c(Cl)cccc1N1CCOC(C)C1. The number of benzene rings is 1. The van der Waals surface area contributed by atoms with Crippen molar-refractivity contribution in [2.24, 2.45) is 5.73 Å². The molecule has 2 unspecified atom stereocenters. The average Bonchev–Trinajstić information content (AvgIpc) is 2.31. The zero-order valence-electron chi connectivity index (χ0n) is 11.0.